The first-order valence-corrected chi connectivity index (χ1v) is 11.6. The minimum atomic E-state index is -3.72. The molecule has 3 rings (SSSR count). The maximum Gasteiger partial charge on any atom is 0.247 e. The number of aryl methyl sites for hydroxylation is 1. The van der Waals surface area contributed by atoms with Crippen molar-refractivity contribution in [2.75, 3.05) is 18.5 Å². The summed E-state index contributed by atoms with van der Waals surface area (Å²) in [6.45, 7) is 9.33. The number of carbonyl (C=O) groups is 1. The number of hydrogen-bond donors (Lipinski definition) is 1. The summed E-state index contributed by atoms with van der Waals surface area (Å²) in [4.78, 5) is 17.1. The van der Waals surface area contributed by atoms with Crippen LogP contribution in [0.5, 0.6) is 0 Å². The van der Waals surface area contributed by atoms with Crippen LogP contribution in [0.2, 0.25) is 0 Å². The van der Waals surface area contributed by atoms with Crippen molar-refractivity contribution in [3.05, 3.63) is 29.6 Å². The van der Waals surface area contributed by atoms with Gasteiger partial charge in [-0.05, 0) is 40.5 Å². The molecule has 1 saturated heterocycles. The summed E-state index contributed by atoms with van der Waals surface area (Å²) in [5.74, 6) is 0.652. The largest absolute Gasteiger partial charge is 0.445 e. The van der Waals surface area contributed by atoms with Gasteiger partial charge in [-0.25, -0.2) is 13.4 Å². The zero-order valence-corrected chi connectivity index (χ0v) is 18.8. The lowest BCUT2D eigenvalue weighted by Crippen LogP contribution is -2.50. The normalized spacial score (nSPS) is 16.6. The number of sulfone groups is 1. The number of nitrogens with one attached hydrogen (secondary N) is 1. The van der Waals surface area contributed by atoms with Gasteiger partial charge < -0.3 is 13.7 Å². The number of nitrogens with zero attached hydrogens (tertiary/aromatic N) is 2. The molecule has 166 valence electrons. The van der Waals surface area contributed by atoms with Crippen LogP contribution in [0.3, 0.4) is 0 Å². The van der Waals surface area contributed by atoms with E-state index in [-0.39, 0.29) is 5.88 Å². The van der Waals surface area contributed by atoms with Crippen molar-refractivity contribution in [3.63, 3.8) is 0 Å². The topological polar surface area (TPSA) is 125 Å². The summed E-state index contributed by atoms with van der Waals surface area (Å²) >= 11 is 0. The van der Waals surface area contributed by atoms with Crippen molar-refractivity contribution >= 4 is 21.6 Å². The molecule has 0 unspecified atom stereocenters. The SMILES string of the molecule is CCc1ncc(C(C)(C)c2cc(NC(=O)C(C)(C)S(=O)(=O)C3CCOCC3)on2)o1. The number of carbonyl (C=O) groups excluding carboxylic acids is 1. The van der Waals surface area contributed by atoms with Crippen LogP contribution < -0.4 is 5.32 Å². The van der Waals surface area contributed by atoms with Gasteiger partial charge in [0.25, 0.3) is 0 Å². The first-order valence-electron chi connectivity index (χ1n) is 10.0. The van der Waals surface area contributed by atoms with E-state index in [1.807, 2.05) is 20.8 Å². The van der Waals surface area contributed by atoms with Gasteiger partial charge in [-0.3, -0.25) is 10.1 Å². The molecule has 1 aliphatic rings. The predicted octanol–water partition coefficient (Wildman–Crippen LogP) is 2.86. The second kappa shape index (κ2) is 8.14. The molecule has 0 aliphatic carbocycles. The van der Waals surface area contributed by atoms with Gasteiger partial charge in [0, 0.05) is 25.7 Å². The Morgan fingerprint density at radius 3 is 2.50 bits per heavy atom. The van der Waals surface area contributed by atoms with Gasteiger partial charge in [-0.15, -0.1) is 0 Å². The second-order valence-corrected chi connectivity index (χ2v) is 11.3. The highest BCUT2D eigenvalue weighted by Gasteiger charge is 2.47. The molecule has 2 aromatic rings. The standard InChI is InChI=1S/C20H29N3O6S/c1-6-16-21-12-15(28-16)19(2,3)14-11-17(29-23-14)22-18(24)20(4,5)30(25,26)13-7-9-27-10-8-13/h11-13H,6-10H2,1-5H3,(H,22,24). The molecule has 1 fully saturated rings. The third-order valence-corrected chi connectivity index (χ3v) is 8.68. The molecular formula is C20H29N3O6S. The molecule has 0 radical (unpaired) electrons. The lowest BCUT2D eigenvalue weighted by atomic mass is 9.87. The van der Waals surface area contributed by atoms with Crippen LogP contribution in [-0.2, 0) is 31.2 Å². The van der Waals surface area contributed by atoms with E-state index in [4.69, 9.17) is 13.7 Å². The van der Waals surface area contributed by atoms with Gasteiger partial charge in [0.1, 0.15) is 10.5 Å². The van der Waals surface area contributed by atoms with Crippen LogP contribution in [0.4, 0.5) is 5.88 Å². The Kier molecular flexibility index (Phi) is 6.10. The van der Waals surface area contributed by atoms with Crippen LogP contribution in [0.15, 0.2) is 21.2 Å². The van der Waals surface area contributed by atoms with Gasteiger partial charge in [0.05, 0.1) is 22.6 Å². The molecule has 10 heteroatoms. The van der Waals surface area contributed by atoms with E-state index < -0.39 is 31.2 Å². The molecule has 2 aromatic heterocycles. The molecule has 0 spiro atoms. The van der Waals surface area contributed by atoms with Gasteiger partial charge in [-0.2, -0.15) is 0 Å². The lowest BCUT2D eigenvalue weighted by molar-refractivity contribution is -0.118. The average molecular weight is 440 g/mol. The number of amides is 1. The zero-order chi connectivity index (χ0) is 22.2. The Hall–Kier alpha value is -2.20. The highest BCUT2D eigenvalue weighted by molar-refractivity contribution is 7.94. The van der Waals surface area contributed by atoms with Crippen molar-refractivity contribution in [1.29, 1.82) is 0 Å². The van der Waals surface area contributed by atoms with Crippen molar-refractivity contribution < 1.29 is 26.9 Å². The van der Waals surface area contributed by atoms with Gasteiger partial charge in [0.15, 0.2) is 15.7 Å². The van der Waals surface area contributed by atoms with E-state index in [1.165, 1.54) is 13.8 Å². The van der Waals surface area contributed by atoms with Crippen LogP contribution in [0.1, 0.15) is 64.8 Å². The van der Waals surface area contributed by atoms with E-state index in [0.717, 1.165) is 0 Å². The van der Waals surface area contributed by atoms with Gasteiger partial charge >= 0.3 is 0 Å². The summed E-state index contributed by atoms with van der Waals surface area (Å²) in [5, 5.41) is 6.00. The average Bonchev–Trinajstić information content (AvgIpc) is 3.38. The van der Waals surface area contributed by atoms with Crippen molar-refractivity contribution in [3.8, 4) is 0 Å². The Bertz CT molecular complexity index is 999. The van der Waals surface area contributed by atoms with Crippen LogP contribution in [0.25, 0.3) is 0 Å². The molecule has 0 atom stereocenters. The first kappa shape index (κ1) is 22.5. The molecular weight excluding hydrogens is 410 g/mol. The van der Waals surface area contributed by atoms with Gasteiger partial charge in [-0.1, -0.05) is 12.1 Å². The van der Waals surface area contributed by atoms with Crippen LogP contribution >= 0.6 is 0 Å². The summed E-state index contributed by atoms with van der Waals surface area (Å²) < 4.78 is 40.7. The van der Waals surface area contributed by atoms with E-state index in [2.05, 4.69) is 15.5 Å². The number of hydrogen-bond acceptors (Lipinski definition) is 8. The van der Waals surface area contributed by atoms with Crippen molar-refractivity contribution in [2.45, 2.75) is 69.3 Å². The summed E-state index contributed by atoms with van der Waals surface area (Å²) in [6, 6.07) is 1.57. The molecule has 1 N–H and O–H groups in total. The smallest absolute Gasteiger partial charge is 0.247 e. The third kappa shape index (κ3) is 4.02. The number of ether oxygens (including phenoxy) is 1. The molecule has 0 aromatic carbocycles. The number of oxazole rings is 1. The maximum absolute atomic E-state index is 13.0. The van der Waals surface area contributed by atoms with E-state index in [0.29, 0.717) is 49.8 Å². The van der Waals surface area contributed by atoms with E-state index in [1.54, 1.807) is 12.3 Å². The Labute approximate surface area is 176 Å². The van der Waals surface area contributed by atoms with Crippen LogP contribution in [-0.4, -0.2) is 47.7 Å². The summed E-state index contributed by atoms with van der Waals surface area (Å²) in [7, 11) is -3.72. The fraction of sp³-hybridized carbons (Fsp3) is 0.650. The molecule has 1 amide bonds. The molecule has 0 saturated carbocycles. The fourth-order valence-corrected chi connectivity index (χ4v) is 5.27. The Morgan fingerprint density at radius 1 is 1.23 bits per heavy atom. The highest BCUT2D eigenvalue weighted by Crippen LogP contribution is 2.33. The molecule has 3 heterocycles. The molecule has 30 heavy (non-hydrogen) atoms. The zero-order valence-electron chi connectivity index (χ0n) is 18.0. The second-order valence-electron chi connectivity index (χ2n) is 8.49. The molecule has 1 aliphatic heterocycles. The van der Waals surface area contributed by atoms with Crippen LogP contribution in [0, 0.1) is 0 Å². The number of anilines is 1. The number of aromatic nitrogens is 2. The van der Waals surface area contributed by atoms with Gasteiger partial charge in [0.2, 0.25) is 11.8 Å². The van der Waals surface area contributed by atoms with Crippen molar-refractivity contribution in [2.24, 2.45) is 0 Å². The monoisotopic (exact) mass is 439 g/mol. The summed E-state index contributed by atoms with van der Waals surface area (Å²) in [5.41, 5.74) is -0.113. The summed E-state index contributed by atoms with van der Waals surface area (Å²) in [6.07, 6.45) is 3.09. The maximum atomic E-state index is 13.0. The van der Waals surface area contributed by atoms with Crippen molar-refractivity contribution in [1.82, 2.24) is 10.1 Å². The molecule has 0 bridgehead atoms. The Balaban J connectivity index is 1.76. The third-order valence-electron chi connectivity index (χ3n) is 5.72. The quantitative estimate of drug-likeness (QED) is 0.698. The minimum absolute atomic E-state index is 0.0774. The molecule has 9 nitrogen and oxygen atoms in total. The number of rotatable bonds is 7. The minimum Gasteiger partial charge on any atom is -0.445 e. The lowest BCUT2D eigenvalue weighted by Gasteiger charge is -2.30. The highest BCUT2D eigenvalue weighted by atomic mass is 32.2. The Morgan fingerprint density at radius 2 is 1.90 bits per heavy atom. The predicted molar refractivity (Wildman–Crippen MR) is 110 cm³/mol. The van der Waals surface area contributed by atoms with E-state index >= 15 is 0 Å². The fourth-order valence-electron chi connectivity index (χ4n) is 3.31. The first-order chi connectivity index (χ1) is 14.0. The van der Waals surface area contributed by atoms with E-state index in [9.17, 15) is 13.2 Å².